The molecule has 2 aromatic rings. The van der Waals surface area contributed by atoms with Crippen molar-refractivity contribution in [2.24, 2.45) is 0 Å². The van der Waals surface area contributed by atoms with Crippen molar-refractivity contribution in [2.75, 3.05) is 12.4 Å². The summed E-state index contributed by atoms with van der Waals surface area (Å²) in [7, 11) is 1.62. The third-order valence-corrected chi connectivity index (χ3v) is 3.82. The van der Waals surface area contributed by atoms with Gasteiger partial charge in [-0.1, -0.05) is 13.0 Å². The fraction of sp³-hybridized carbons (Fsp3) is 0.385. The molecular weight excluding hydrogens is 246 g/mol. The summed E-state index contributed by atoms with van der Waals surface area (Å²) in [4.78, 5) is 9.68. The van der Waals surface area contributed by atoms with Crippen LogP contribution in [0.15, 0.2) is 23.8 Å². The zero-order valence-electron chi connectivity index (χ0n) is 10.8. The van der Waals surface area contributed by atoms with Gasteiger partial charge < -0.3 is 10.1 Å². The number of nitrogens with one attached hydrogen (secondary N) is 1. The van der Waals surface area contributed by atoms with Crippen LogP contribution in [0.4, 0.5) is 5.82 Å². The second kappa shape index (κ2) is 5.82. The lowest BCUT2D eigenvalue weighted by molar-refractivity contribution is 0.393. The van der Waals surface area contributed by atoms with E-state index in [9.17, 15) is 0 Å². The fourth-order valence-corrected chi connectivity index (χ4v) is 2.68. The highest BCUT2D eigenvalue weighted by molar-refractivity contribution is 7.10. The summed E-state index contributed by atoms with van der Waals surface area (Å²) in [5.74, 6) is 1.45. The topological polar surface area (TPSA) is 47.0 Å². The highest BCUT2D eigenvalue weighted by Crippen LogP contribution is 2.28. The Balaban J connectivity index is 2.22. The summed E-state index contributed by atoms with van der Waals surface area (Å²) in [6, 6.07) is 4.49. The van der Waals surface area contributed by atoms with E-state index in [1.54, 1.807) is 18.4 Å². The smallest absolute Gasteiger partial charge is 0.221 e. The van der Waals surface area contributed by atoms with Crippen LogP contribution in [0.3, 0.4) is 0 Å². The minimum atomic E-state index is 0.281. The van der Waals surface area contributed by atoms with E-state index in [4.69, 9.17) is 4.74 Å². The third-order valence-electron chi connectivity index (χ3n) is 2.84. The number of thiophene rings is 1. The van der Waals surface area contributed by atoms with E-state index in [0.717, 1.165) is 17.8 Å². The van der Waals surface area contributed by atoms with E-state index in [-0.39, 0.29) is 6.04 Å². The van der Waals surface area contributed by atoms with Crippen molar-refractivity contribution < 1.29 is 4.74 Å². The minimum absolute atomic E-state index is 0.281. The molecule has 0 aliphatic heterocycles. The monoisotopic (exact) mass is 263 g/mol. The zero-order valence-corrected chi connectivity index (χ0v) is 11.6. The van der Waals surface area contributed by atoms with Crippen molar-refractivity contribution in [1.29, 1.82) is 0 Å². The van der Waals surface area contributed by atoms with Crippen LogP contribution in [-0.2, 0) is 0 Å². The molecule has 4 nitrogen and oxygen atoms in total. The lowest BCUT2D eigenvalue weighted by Gasteiger charge is -2.18. The Morgan fingerprint density at radius 2 is 2.28 bits per heavy atom. The average Bonchev–Trinajstić information content (AvgIpc) is 2.91. The molecule has 1 atom stereocenters. The van der Waals surface area contributed by atoms with Gasteiger partial charge in [-0.15, -0.1) is 11.3 Å². The number of anilines is 1. The highest BCUT2D eigenvalue weighted by Gasteiger charge is 2.14. The van der Waals surface area contributed by atoms with Crippen molar-refractivity contribution in [2.45, 2.75) is 26.3 Å². The van der Waals surface area contributed by atoms with Crippen LogP contribution >= 0.6 is 11.3 Å². The fourth-order valence-electron chi connectivity index (χ4n) is 1.81. The van der Waals surface area contributed by atoms with Gasteiger partial charge in [-0.3, -0.25) is 0 Å². The summed E-state index contributed by atoms with van der Waals surface area (Å²) in [5.41, 5.74) is 0.940. The summed E-state index contributed by atoms with van der Waals surface area (Å²) in [5, 5.41) is 5.54. The molecule has 0 saturated carbocycles. The molecule has 1 unspecified atom stereocenters. The largest absolute Gasteiger partial charge is 0.481 e. The summed E-state index contributed by atoms with van der Waals surface area (Å²) in [6.07, 6.45) is 2.53. The van der Waals surface area contributed by atoms with Crippen LogP contribution in [0.5, 0.6) is 5.88 Å². The maximum atomic E-state index is 5.20. The Morgan fingerprint density at radius 3 is 2.89 bits per heavy atom. The van der Waals surface area contributed by atoms with Crippen molar-refractivity contribution >= 4 is 17.2 Å². The van der Waals surface area contributed by atoms with Gasteiger partial charge in [0.2, 0.25) is 5.88 Å². The SMILES string of the molecule is CCC(Nc1ncnc(OC)c1C)c1cccs1. The molecule has 0 aliphatic rings. The van der Waals surface area contributed by atoms with Gasteiger partial charge in [-0.05, 0) is 24.8 Å². The molecule has 0 amide bonds. The maximum absolute atomic E-state index is 5.20. The normalized spacial score (nSPS) is 12.2. The van der Waals surface area contributed by atoms with E-state index in [1.165, 1.54) is 11.2 Å². The Bertz CT molecular complexity index is 499. The molecule has 2 aromatic heterocycles. The van der Waals surface area contributed by atoms with E-state index in [0.29, 0.717) is 5.88 Å². The average molecular weight is 263 g/mol. The number of rotatable bonds is 5. The molecule has 96 valence electrons. The Morgan fingerprint density at radius 1 is 1.44 bits per heavy atom. The van der Waals surface area contributed by atoms with Gasteiger partial charge in [0.15, 0.2) is 0 Å². The highest BCUT2D eigenvalue weighted by atomic mass is 32.1. The molecular formula is C13H17N3OS. The molecule has 0 radical (unpaired) electrons. The quantitative estimate of drug-likeness (QED) is 0.898. The first-order chi connectivity index (χ1) is 8.76. The van der Waals surface area contributed by atoms with Crippen molar-refractivity contribution in [1.82, 2.24) is 9.97 Å². The standard InChI is InChI=1S/C13H17N3OS/c1-4-10(11-6-5-7-18-11)16-12-9(2)13(17-3)15-8-14-12/h5-8,10H,4H2,1-3H3,(H,14,15,16). The van der Waals surface area contributed by atoms with Gasteiger partial charge in [0.25, 0.3) is 0 Å². The van der Waals surface area contributed by atoms with Crippen LogP contribution in [0.1, 0.15) is 29.8 Å². The van der Waals surface area contributed by atoms with Crippen molar-refractivity contribution in [3.8, 4) is 5.88 Å². The first-order valence-electron chi connectivity index (χ1n) is 5.91. The predicted molar refractivity (Wildman–Crippen MR) is 74.3 cm³/mol. The zero-order chi connectivity index (χ0) is 13.0. The van der Waals surface area contributed by atoms with Gasteiger partial charge in [0, 0.05) is 4.88 Å². The summed E-state index contributed by atoms with van der Waals surface area (Å²) in [6.45, 7) is 4.12. The molecule has 0 saturated heterocycles. The van der Waals surface area contributed by atoms with Crippen molar-refractivity contribution in [3.63, 3.8) is 0 Å². The molecule has 0 fully saturated rings. The molecule has 18 heavy (non-hydrogen) atoms. The summed E-state index contributed by atoms with van der Waals surface area (Å²) < 4.78 is 5.20. The molecule has 2 rings (SSSR count). The Kier molecular flexibility index (Phi) is 4.15. The number of ether oxygens (including phenoxy) is 1. The number of methoxy groups -OCH3 is 1. The summed E-state index contributed by atoms with van der Waals surface area (Å²) >= 11 is 1.75. The molecule has 1 N–H and O–H groups in total. The lowest BCUT2D eigenvalue weighted by atomic mass is 10.2. The molecule has 0 bridgehead atoms. The molecule has 0 spiro atoms. The lowest BCUT2D eigenvalue weighted by Crippen LogP contribution is -2.11. The number of hydrogen-bond acceptors (Lipinski definition) is 5. The third kappa shape index (κ3) is 2.61. The van der Waals surface area contributed by atoms with Gasteiger partial charge in [0.05, 0.1) is 18.7 Å². The van der Waals surface area contributed by atoms with E-state index in [1.807, 2.05) is 6.92 Å². The van der Waals surface area contributed by atoms with Gasteiger partial charge >= 0.3 is 0 Å². The first-order valence-corrected chi connectivity index (χ1v) is 6.79. The number of aromatic nitrogens is 2. The second-order valence-corrected chi connectivity index (χ2v) is 4.96. The van der Waals surface area contributed by atoms with Gasteiger partial charge in [-0.25, -0.2) is 9.97 Å². The number of nitrogens with zero attached hydrogens (tertiary/aromatic N) is 2. The first kappa shape index (κ1) is 12.8. The van der Waals surface area contributed by atoms with E-state index in [2.05, 4.69) is 39.7 Å². The molecule has 2 heterocycles. The van der Waals surface area contributed by atoms with Gasteiger partial charge in [0.1, 0.15) is 12.1 Å². The molecule has 0 aromatic carbocycles. The van der Waals surface area contributed by atoms with E-state index < -0.39 is 0 Å². The van der Waals surface area contributed by atoms with Crippen molar-refractivity contribution in [3.05, 3.63) is 34.3 Å². The van der Waals surface area contributed by atoms with Crippen LogP contribution in [-0.4, -0.2) is 17.1 Å². The molecule has 0 aliphatic carbocycles. The van der Waals surface area contributed by atoms with Crippen LogP contribution < -0.4 is 10.1 Å². The Hall–Kier alpha value is -1.62. The number of hydrogen-bond donors (Lipinski definition) is 1. The Labute approximate surface area is 111 Å². The maximum Gasteiger partial charge on any atom is 0.221 e. The van der Waals surface area contributed by atoms with Crippen LogP contribution in [0.2, 0.25) is 0 Å². The predicted octanol–water partition coefficient (Wildman–Crippen LogP) is 3.42. The minimum Gasteiger partial charge on any atom is -0.481 e. The van der Waals surface area contributed by atoms with Crippen LogP contribution in [0, 0.1) is 6.92 Å². The molecule has 5 heteroatoms. The van der Waals surface area contributed by atoms with Gasteiger partial charge in [-0.2, -0.15) is 0 Å². The van der Waals surface area contributed by atoms with E-state index >= 15 is 0 Å². The second-order valence-electron chi connectivity index (χ2n) is 3.98. The van der Waals surface area contributed by atoms with Crippen LogP contribution in [0.25, 0.3) is 0 Å².